The second-order valence-electron chi connectivity index (χ2n) is 10.8. The standard InChI is InChI=1S/C29H34N6O3/c1-18-4-5-26(30-16-18)38-21-8-12-34(13-9-21)29(37)22-15-23-25(14-19(22)2)32-28(36)24-17-31-35(27(23)24)20-6-10-33(3)11-7-20/h4-5,14-17,20-21H,6-13H2,1-3H3,(H,32,36). The molecule has 3 aromatic heterocycles. The zero-order chi connectivity index (χ0) is 26.4. The number of ether oxygens (including phenoxy) is 1. The number of pyridine rings is 2. The number of amides is 1. The van der Waals surface area contributed by atoms with Gasteiger partial charge in [-0.15, -0.1) is 0 Å². The molecule has 1 amide bonds. The molecule has 0 aliphatic carbocycles. The van der Waals surface area contributed by atoms with Gasteiger partial charge in [-0.2, -0.15) is 5.10 Å². The number of nitrogens with zero attached hydrogens (tertiary/aromatic N) is 5. The number of carbonyl (C=O) groups is 1. The zero-order valence-corrected chi connectivity index (χ0v) is 22.2. The fourth-order valence-electron chi connectivity index (χ4n) is 5.78. The molecule has 0 radical (unpaired) electrons. The van der Waals surface area contributed by atoms with Crippen LogP contribution in [0.25, 0.3) is 21.8 Å². The van der Waals surface area contributed by atoms with E-state index in [0.717, 1.165) is 66.3 Å². The summed E-state index contributed by atoms with van der Waals surface area (Å²) in [5.74, 6) is 0.644. The van der Waals surface area contributed by atoms with Crippen LogP contribution in [0.15, 0.2) is 41.5 Å². The Morgan fingerprint density at radius 2 is 1.76 bits per heavy atom. The molecule has 4 aromatic rings. The third-order valence-corrected chi connectivity index (χ3v) is 8.07. The van der Waals surface area contributed by atoms with Gasteiger partial charge in [0.25, 0.3) is 11.5 Å². The predicted octanol–water partition coefficient (Wildman–Crippen LogP) is 3.84. The van der Waals surface area contributed by atoms with Gasteiger partial charge in [-0.3, -0.25) is 14.3 Å². The Kier molecular flexibility index (Phi) is 6.39. The molecule has 6 rings (SSSR count). The first-order valence-corrected chi connectivity index (χ1v) is 13.5. The number of aromatic nitrogens is 4. The van der Waals surface area contributed by atoms with Crippen molar-refractivity contribution in [2.45, 2.75) is 51.7 Å². The highest BCUT2D eigenvalue weighted by molar-refractivity contribution is 6.07. The maximum atomic E-state index is 13.7. The van der Waals surface area contributed by atoms with Crippen LogP contribution in [0.5, 0.6) is 5.88 Å². The van der Waals surface area contributed by atoms with E-state index in [-0.39, 0.29) is 23.6 Å². The van der Waals surface area contributed by atoms with Crippen LogP contribution in [0.1, 0.15) is 53.2 Å². The van der Waals surface area contributed by atoms with E-state index in [9.17, 15) is 9.59 Å². The van der Waals surface area contributed by atoms with Crippen LogP contribution < -0.4 is 10.3 Å². The molecule has 0 atom stereocenters. The number of benzene rings is 1. The minimum atomic E-state index is -0.143. The van der Waals surface area contributed by atoms with Crippen molar-refractivity contribution in [1.82, 2.24) is 29.5 Å². The van der Waals surface area contributed by atoms with E-state index in [2.05, 4.69) is 27.0 Å². The predicted molar refractivity (Wildman–Crippen MR) is 147 cm³/mol. The molecule has 0 spiro atoms. The summed E-state index contributed by atoms with van der Waals surface area (Å²) < 4.78 is 8.08. The normalized spacial score (nSPS) is 17.9. The molecule has 0 unspecified atom stereocenters. The lowest BCUT2D eigenvalue weighted by Gasteiger charge is -2.32. The summed E-state index contributed by atoms with van der Waals surface area (Å²) >= 11 is 0. The number of fused-ring (bicyclic) bond motifs is 3. The number of aromatic amines is 1. The minimum Gasteiger partial charge on any atom is -0.474 e. The quantitative estimate of drug-likeness (QED) is 0.445. The van der Waals surface area contributed by atoms with Crippen LogP contribution in [0, 0.1) is 13.8 Å². The number of aryl methyl sites for hydroxylation is 2. The number of piperidine rings is 2. The molecule has 2 saturated heterocycles. The summed E-state index contributed by atoms with van der Waals surface area (Å²) in [6.07, 6.45) is 6.99. The Bertz CT molecular complexity index is 1540. The smallest absolute Gasteiger partial charge is 0.259 e. The fraction of sp³-hybridized carbons (Fsp3) is 0.448. The molecule has 9 nitrogen and oxygen atoms in total. The summed E-state index contributed by atoms with van der Waals surface area (Å²) in [6, 6.07) is 8.00. The van der Waals surface area contributed by atoms with Crippen LogP contribution in [-0.2, 0) is 0 Å². The monoisotopic (exact) mass is 514 g/mol. The van der Waals surface area contributed by atoms with Crippen molar-refractivity contribution in [2.24, 2.45) is 0 Å². The van der Waals surface area contributed by atoms with Gasteiger partial charge in [0, 0.05) is 49.1 Å². The Morgan fingerprint density at radius 3 is 2.47 bits per heavy atom. The third kappa shape index (κ3) is 4.55. The molecule has 1 N–H and O–H groups in total. The van der Waals surface area contributed by atoms with Crippen LogP contribution in [-0.4, -0.2) is 74.8 Å². The highest BCUT2D eigenvalue weighted by atomic mass is 16.5. The first-order valence-electron chi connectivity index (χ1n) is 13.5. The maximum absolute atomic E-state index is 13.7. The summed E-state index contributed by atoms with van der Waals surface area (Å²) in [5, 5.41) is 6.09. The lowest BCUT2D eigenvalue weighted by molar-refractivity contribution is 0.0587. The van der Waals surface area contributed by atoms with Crippen molar-refractivity contribution in [1.29, 1.82) is 0 Å². The summed E-state index contributed by atoms with van der Waals surface area (Å²) in [7, 11) is 2.13. The largest absolute Gasteiger partial charge is 0.474 e. The molecule has 1 aromatic carbocycles. The first-order chi connectivity index (χ1) is 18.4. The second-order valence-corrected chi connectivity index (χ2v) is 10.8. The van der Waals surface area contributed by atoms with Gasteiger partial charge in [0.05, 0.1) is 28.7 Å². The molecule has 2 aliphatic rings. The SMILES string of the molecule is Cc1ccc(OC2CCN(C(=O)c3cc4c(cc3C)[nH]c(=O)c3cnn(C5CCN(C)CC5)c34)CC2)nc1. The van der Waals surface area contributed by atoms with E-state index >= 15 is 0 Å². The fourth-order valence-corrected chi connectivity index (χ4v) is 5.78. The average Bonchev–Trinajstić information content (AvgIpc) is 3.36. The highest BCUT2D eigenvalue weighted by Gasteiger charge is 2.27. The Labute approximate surface area is 221 Å². The lowest BCUT2D eigenvalue weighted by Crippen LogP contribution is -2.42. The van der Waals surface area contributed by atoms with Crippen molar-refractivity contribution in [2.75, 3.05) is 33.2 Å². The van der Waals surface area contributed by atoms with Gasteiger partial charge < -0.3 is 19.5 Å². The number of H-pyrrole nitrogens is 1. The van der Waals surface area contributed by atoms with E-state index in [1.54, 1.807) is 12.4 Å². The minimum absolute atomic E-state index is 0.0148. The summed E-state index contributed by atoms with van der Waals surface area (Å²) in [4.78, 5) is 38.2. The number of hydrogen-bond acceptors (Lipinski definition) is 6. The van der Waals surface area contributed by atoms with Gasteiger partial charge >= 0.3 is 0 Å². The first kappa shape index (κ1) is 24.6. The molecule has 2 aliphatic heterocycles. The van der Waals surface area contributed by atoms with Crippen molar-refractivity contribution in [3.63, 3.8) is 0 Å². The van der Waals surface area contributed by atoms with E-state index in [1.807, 2.05) is 47.7 Å². The second kappa shape index (κ2) is 9.87. The average molecular weight is 515 g/mol. The maximum Gasteiger partial charge on any atom is 0.259 e. The van der Waals surface area contributed by atoms with Crippen LogP contribution in [0.2, 0.25) is 0 Å². The molecular weight excluding hydrogens is 480 g/mol. The van der Waals surface area contributed by atoms with Gasteiger partial charge in [-0.1, -0.05) is 6.07 Å². The molecule has 0 bridgehead atoms. The molecule has 0 saturated carbocycles. The lowest BCUT2D eigenvalue weighted by atomic mass is 10.00. The van der Waals surface area contributed by atoms with Crippen LogP contribution in [0.4, 0.5) is 0 Å². The highest BCUT2D eigenvalue weighted by Crippen LogP contribution is 2.31. The molecule has 198 valence electrons. The number of nitrogens with one attached hydrogen (secondary N) is 1. The van der Waals surface area contributed by atoms with Gasteiger partial charge in [0.1, 0.15) is 6.10 Å². The number of hydrogen-bond donors (Lipinski definition) is 1. The van der Waals surface area contributed by atoms with E-state index in [1.165, 1.54) is 0 Å². The van der Waals surface area contributed by atoms with Crippen LogP contribution >= 0.6 is 0 Å². The molecular formula is C29H34N6O3. The molecule has 38 heavy (non-hydrogen) atoms. The Balaban J connectivity index is 1.27. The van der Waals surface area contributed by atoms with Crippen molar-refractivity contribution in [3.05, 3.63) is 63.7 Å². The van der Waals surface area contributed by atoms with E-state index in [0.29, 0.717) is 29.9 Å². The zero-order valence-electron chi connectivity index (χ0n) is 22.2. The summed E-state index contributed by atoms with van der Waals surface area (Å²) in [6.45, 7) is 7.18. The van der Waals surface area contributed by atoms with Crippen LogP contribution in [0.3, 0.4) is 0 Å². The number of rotatable bonds is 4. The molecule has 2 fully saturated rings. The van der Waals surface area contributed by atoms with Gasteiger partial charge in [-0.25, -0.2) is 4.98 Å². The van der Waals surface area contributed by atoms with Gasteiger partial charge in [0.2, 0.25) is 5.88 Å². The van der Waals surface area contributed by atoms with Crippen molar-refractivity contribution < 1.29 is 9.53 Å². The molecule has 5 heterocycles. The topological polar surface area (TPSA) is 96.3 Å². The Hall–Kier alpha value is -3.72. The van der Waals surface area contributed by atoms with Gasteiger partial charge in [-0.05, 0) is 70.1 Å². The third-order valence-electron chi connectivity index (χ3n) is 8.07. The summed E-state index contributed by atoms with van der Waals surface area (Å²) in [5.41, 5.74) is 4.04. The molecule has 9 heteroatoms. The van der Waals surface area contributed by atoms with Crippen molar-refractivity contribution in [3.8, 4) is 5.88 Å². The number of carbonyl (C=O) groups excluding carboxylic acids is 1. The van der Waals surface area contributed by atoms with Crippen molar-refractivity contribution >= 4 is 27.7 Å². The van der Waals surface area contributed by atoms with E-state index in [4.69, 9.17) is 4.74 Å². The number of likely N-dealkylation sites (tertiary alicyclic amines) is 2. The van der Waals surface area contributed by atoms with E-state index < -0.39 is 0 Å². The van der Waals surface area contributed by atoms with Gasteiger partial charge in [0.15, 0.2) is 0 Å². The Morgan fingerprint density at radius 1 is 1.00 bits per heavy atom.